The molecule has 1 saturated carbocycles. The average molecular weight is 176 g/mol. The molecule has 1 aliphatic heterocycles. The molecule has 0 amide bonds. The van der Waals surface area contributed by atoms with Gasteiger partial charge in [-0.3, -0.25) is 0 Å². The van der Waals surface area contributed by atoms with E-state index in [2.05, 4.69) is 4.98 Å². The Hall–Kier alpha value is -1.09. The monoisotopic (exact) mass is 176 g/mol. The molecule has 0 unspecified atom stereocenters. The highest BCUT2D eigenvalue weighted by Gasteiger charge is 2.49. The van der Waals surface area contributed by atoms with Crippen molar-refractivity contribution >= 4 is 5.82 Å². The lowest BCUT2D eigenvalue weighted by atomic mass is 9.96. The molecular weight excluding hydrogens is 164 g/mol. The van der Waals surface area contributed by atoms with Gasteiger partial charge in [0.1, 0.15) is 5.82 Å². The zero-order valence-corrected chi connectivity index (χ0v) is 7.42. The van der Waals surface area contributed by atoms with Gasteiger partial charge >= 0.3 is 0 Å². The van der Waals surface area contributed by atoms with E-state index in [9.17, 15) is 0 Å². The number of anilines is 1. The average Bonchev–Trinajstić information content (AvgIpc) is 2.88. The molecule has 2 N–H and O–H groups in total. The standard InChI is InChI=1S/C10H12N2O/c11-8-2-1-7-5-13-6-10(3-4-10)9(7)12-8/h1-2H,3-6H2,(H2,11,12). The predicted octanol–water partition coefficient (Wildman–Crippen LogP) is 1.23. The predicted molar refractivity (Wildman–Crippen MR) is 49.2 cm³/mol. The van der Waals surface area contributed by atoms with E-state index in [1.165, 1.54) is 24.1 Å². The van der Waals surface area contributed by atoms with Gasteiger partial charge in [-0.25, -0.2) is 4.98 Å². The highest BCUT2D eigenvalue weighted by atomic mass is 16.5. The molecule has 2 heterocycles. The van der Waals surface area contributed by atoms with Crippen molar-refractivity contribution in [3.63, 3.8) is 0 Å². The molecule has 0 bridgehead atoms. The van der Waals surface area contributed by atoms with Crippen LogP contribution in [0, 0.1) is 0 Å². The summed E-state index contributed by atoms with van der Waals surface area (Å²) in [7, 11) is 0. The van der Waals surface area contributed by atoms with Crippen LogP contribution in [0.15, 0.2) is 12.1 Å². The van der Waals surface area contributed by atoms with Crippen LogP contribution in [0.3, 0.4) is 0 Å². The van der Waals surface area contributed by atoms with Crippen molar-refractivity contribution in [2.45, 2.75) is 24.9 Å². The minimum absolute atomic E-state index is 0.239. The molecule has 1 aromatic rings. The lowest BCUT2D eigenvalue weighted by molar-refractivity contribution is 0.0818. The highest BCUT2D eigenvalue weighted by Crippen LogP contribution is 2.50. The molecule has 0 atom stereocenters. The number of rotatable bonds is 0. The topological polar surface area (TPSA) is 48.1 Å². The van der Waals surface area contributed by atoms with Crippen LogP contribution < -0.4 is 5.73 Å². The third-order valence-corrected chi connectivity index (χ3v) is 2.99. The van der Waals surface area contributed by atoms with E-state index in [-0.39, 0.29) is 5.41 Å². The van der Waals surface area contributed by atoms with E-state index in [0.717, 1.165) is 6.61 Å². The van der Waals surface area contributed by atoms with E-state index < -0.39 is 0 Å². The Morgan fingerprint density at radius 3 is 3.00 bits per heavy atom. The van der Waals surface area contributed by atoms with Crippen LogP contribution in [-0.4, -0.2) is 11.6 Å². The Morgan fingerprint density at radius 2 is 2.23 bits per heavy atom. The normalized spacial score (nSPS) is 22.8. The van der Waals surface area contributed by atoms with E-state index >= 15 is 0 Å². The smallest absolute Gasteiger partial charge is 0.123 e. The van der Waals surface area contributed by atoms with Crippen molar-refractivity contribution in [1.82, 2.24) is 4.98 Å². The van der Waals surface area contributed by atoms with E-state index in [1.807, 2.05) is 12.1 Å². The maximum atomic E-state index is 5.68. The Kier molecular flexibility index (Phi) is 1.26. The summed E-state index contributed by atoms with van der Waals surface area (Å²) in [4.78, 5) is 4.43. The number of fused-ring (bicyclic) bond motifs is 2. The summed E-state index contributed by atoms with van der Waals surface area (Å²) >= 11 is 0. The van der Waals surface area contributed by atoms with Gasteiger partial charge in [-0.1, -0.05) is 6.07 Å². The molecule has 3 rings (SSSR count). The van der Waals surface area contributed by atoms with Crippen LogP contribution in [0.5, 0.6) is 0 Å². The molecule has 1 aliphatic carbocycles. The highest BCUT2D eigenvalue weighted by molar-refractivity contribution is 5.41. The van der Waals surface area contributed by atoms with Crippen molar-refractivity contribution in [3.8, 4) is 0 Å². The van der Waals surface area contributed by atoms with E-state index in [4.69, 9.17) is 10.5 Å². The SMILES string of the molecule is Nc1ccc2c(n1)C1(CC1)COC2. The first kappa shape index (κ1) is 7.33. The zero-order valence-electron chi connectivity index (χ0n) is 7.42. The van der Waals surface area contributed by atoms with Crippen molar-refractivity contribution in [3.05, 3.63) is 23.4 Å². The fourth-order valence-electron chi connectivity index (χ4n) is 2.04. The Bertz CT molecular complexity index is 358. The van der Waals surface area contributed by atoms with Gasteiger partial charge in [0.05, 0.1) is 18.9 Å². The summed E-state index contributed by atoms with van der Waals surface area (Å²) in [5, 5.41) is 0. The number of hydrogen-bond acceptors (Lipinski definition) is 3. The van der Waals surface area contributed by atoms with Gasteiger partial charge in [0.2, 0.25) is 0 Å². The Balaban J connectivity index is 2.16. The minimum atomic E-state index is 0.239. The van der Waals surface area contributed by atoms with Gasteiger partial charge in [0, 0.05) is 11.0 Å². The molecule has 0 saturated heterocycles. The first-order valence-corrected chi connectivity index (χ1v) is 4.64. The van der Waals surface area contributed by atoms with Crippen LogP contribution >= 0.6 is 0 Å². The maximum absolute atomic E-state index is 5.68. The van der Waals surface area contributed by atoms with Gasteiger partial charge in [0.25, 0.3) is 0 Å². The van der Waals surface area contributed by atoms with Gasteiger partial charge in [-0.15, -0.1) is 0 Å². The van der Waals surface area contributed by atoms with Crippen molar-refractivity contribution in [1.29, 1.82) is 0 Å². The summed E-state index contributed by atoms with van der Waals surface area (Å²) < 4.78 is 5.53. The van der Waals surface area contributed by atoms with Gasteiger partial charge < -0.3 is 10.5 Å². The summed E-state index contributed by atoms with van der Waals surface area (Å²) in [5.41, 5.74) is 8.33. The second kappa shape index (κ2) is 2.23. The van der Waals surface area contributed by atoms with Crippen LogP contribution in [0.25, 0.3) is 0 Å². The fraction of sp³-hybridized carbons (Fsp3) is 0.500. The lowest BCUT2D eigenvalue weighted by Gasteiger charge is -2.24. The van der Waals surface area contributed by atoms with Crippen LogP contribution in [0.1, 0.15) is 24.1 Å². The summed E-state index contributed by atoms with van der Waals surface area (Å²) in [6.45, 7) is 1.53. The molecular formula is C10H12N2O. The van der Waals surface area contributed by atoms with Crippen LogP contribution in [0.2, 0.25) is 0 Å². The summed E-state index contributed by atoms with van der Waals surface area (Å²) in [5.74, 6) is 0.631. The fourth-order valence-corrected chi connectivity index (χ4v) is 2.04. The molecule has 3 heteroatoms. The first-order chi connectivity index (χ1) is 6.30. The lowest BCUT2D eigenvalue weighted by Crippen LogP contribution is -2.24. The second-order valence-electron chi connectivity index (χ2n) is 4.02. The molecule has 68 valence electrons. The molecule has 2 aliphatic rings. The molecule has 0 aromatic carbocycles. The van der Waals surface area contributed by atoms with Crippen molar-refractivity contribution in [2.24, 2.45) is 0 Å². The summed E-state index contributed by atoms with van der Waals surface area (Å²) in [6, 6.07) is 3.89. The van der Waals surface area contributed by atoms with Crippen LogP contribution in [-0.2, 0) is 16.8 Å². The van der Waals surface area contributed by atoms with Crippen molar-refractivity contribution < 1.29 is 4.74 Å². The Labute approximate surface area is 76.9 Å². The molecule has 3 nitrogen and oxygen atoms in total. The number of nitrogen functional groups attached to an aromatic ring is 1. The number of hydrogen-bond donors (Lipinski definition) is 1. The molecule has 1 fully saturated rings. The molecule has 0 radical (unpaired) electrons. The number of aromatic nitrogens is 1. The largest absolute Gasteiger partial charge is 0.384 e. The molecule has 13 heavy (non-hydrogen) atoms. The number of pyridine rings is 1. The quantitative estimate of drug-likeness (QED) is 0.646. The number of nitrogens with two attached hydrogens (primary N) is 1. The maximum Gasteiger partial charge on any atom is 0.123 e. The second-order valence-corrected chi connectivity index (χ2v) is 4.02. The van der Waals surface area contributed by atoms with Crippen LogP contribution in [0.4, 0.5) is 5.82 Å². The third-order valence-electron chi connectivity index (χ3n) is 2.99. The van der Waals surface area contributed by atoms with E-state index in [1.54, 1.807) is 0 Å². The third kappa shape index (κ3) is 0.968. The van der Waals surface area contributed by atoms with E-state index in [0.29, 0.717) is 12.4 Å². The van der Waals surface area contributed by atoms with Gasteiger partial charge in [-0.05, 0) is 18.9 Å². The minimum Gasteiger partial charge on any atom is -0.384 e. The summed E-state index contributed by atoms with van der Waals surface area (Å²) in [6.07, 6.45) is 2.41. The number of nitrogens with zero attached hydrogens (tertiary/aromatic N) is 1. The first-order valence-electron chi connectivity index (χ1n) is 4.64. The van der Waals surface area contributed by atoms with Crippen molar-refractivity contribution in [2.75, 3.05) is 12.3 Å². The molecule has 1 aromatic heterocycles. The number of ether oxygens (including phenoxy) is 1. The molecule has 1 spiro atoms. The Morgan fingerprint density at radius 1 is 1.38 bits per heavy atom. The van der Waals surface area contributed by atoms with Gasteiger partial charge in [-0.2, -0.15) is 0 Å². The van der Waals surface area contributed by atoms with Gasteiger partial charge in [0.15, 0.2) is 0 Å². The zero-order chi connectivity index (χ0) is 8.89.